The molecule has 3 rings (SSSR count). The Labute approximate surface area is 117 Å². The summed E-state index contributed by atoms with van der Waals surface area (Å²) >= 11 is 1.74. The van der Waals surface area contributed by atoms with E-state index in [2.05, 4.69) is 27.8 Å². The smallest absolute Gasteiger partial charge is 0.118 e. The normalized spacial score (nSPS) is 14.6. The number of aromatic nitrogens is 1. The number of ether oxygens (including phenoxy) is 1. The molecule has 0 aliphatic heterocycles. The molecule has 1 heterocycles. The fourth-order valence-corrected chi connectivity index (χ4v) is 2.79. The first-order chi connectivity index (χ1) is 9.33. The minimum Gasteiger partial charge on any atom is -0.497 e. The van der Waals surface area contributed by atoms with E-state index >= 15 is 0 Å². The van der Waals surface area contributed by atoms with Gasteiger partial charge in [-0.2, -0.15) is 0 Å². The fourth-order valence-electron chi connectivity index (χ4n) is 1.97. The maximum Gasteiger partial charge on any atom is 0.118 e. The maximum absolute atomic E-state index is 5.16. The van der Waals surface area contributed by atoms with Crippen molar-refractivity contribution in [3.8, 4) is 5.75 Å². The number of benzene rings is 1. The zero-order chi connectivity index (χ0) is 13.1. The number of methoxy groups -OCH3 is 1. The van der Waals surface area contributed by atoms with Crippen LogP contribution in [0.3, 0.4) is 0 Å². The second-order valence-electron chi connectivity index (χ2n) is 4.91. The highest BCUT2D eigenvalue weighted by atomic mass is 32.1. The van der Waals surface area contributed by atoms with Crippen LogP contribution in [0, 0.1) is 0 Å². The molecule has 1 aliphatic carbocycles. The highest BCUT2D eigenvalue weighted by Gasteiger charge is 2.20. The quantitative estimate of drug-likeness (QED) is 0.879. The Morgan fingerprint density at radius 2 is 2.11 bits per heavy atom. The average Bonchev–Trinajstić information content (AvgIpc) is 3.17. The number of nitrogens with one attached hydrogen (secondary N) is 1. The van der Waals surface area contributed by atoms with E-state index in [-0.39, 0.29) is 0 Å². The van der Waals surface area contributed by atoms with Crippen molar-refractivity contribution in [3.63, 3.8) is 0 Å². The summed E-state index contributed by atoms with van der Waals surface area (Å²) in [5.74, 6) is 0.900. The predicted molar refractivity (Wildman–Crippen MR) is 77.8 cm³/mol. The van der Waals surface area contributed by atoms with Crippen LogP contribution in [0.25, 0.3) is 0 Å². The van der Waals surface area contributed by atoms with Crippen molar-refractivity contribution in [2.75, 3.05) is 7.11 Å². The number of hydrogen-bond donors (Lipinski definition) is 1. The summed E-state index contributed by atoms with van der Waals surface area (Å²) in [6.07, 6.45) is 3.55. The molecular weight excluding hydrogens is 256 g/mol. The Balaban J connectivity index is 1.58. The van der Waals surface area contributed by atoms with Crippen LogP contribution in [-0.2, 0) is 13.0 Å². The van der Waals surface area contributed by atoms with Crippen LogP contribution in [0.1, 0.15) is 29.1 Å². The molecule has 0 saturated heterocycles. The lowest BCUT2D eigenvalue weighted by molar-refractivity contribution is 0.414. The summed E-state index contributed by atoms with van der Waals surface area (Å²) in [5, 5.41) is 6.83. The van der Waals surface area contributed by atoms with E-state index in [0.717, 1.165) is 24.8 Å². The Kier molecular flexibility index (Phi) is 3.80. The molecule has 0 atom stereocenters. The molecule has 1 aromatic carbocycles. The van der Waals surface area contributed by atoms with Gasteiger partial charge < -0.3 is 10.1 Å². The number of rotatable bonds is 6. The first-order valence-electron chi connectivity index (χ1n) is 6.63. The monoisotopic (exact) mass is 274 g/mol. The Hall–Kier alpha value is -1.39. The van der Waals surface area contributed by atoms with Crippen LogP contribution in [0.5, 0.6) is 5.75 Å². The van der Waals surface area contributed by atoms with E-state index < -0.39 is 0 Å². The van der Waals surface area contributed by atoms with Gasteiger partial charge in [0.05, 0.1) is 17.8 Å². The molecule has 19 heavy (non-hydrogen) atoms. The second-order valence-corrected chi connectivity index (χ2v) is 5.86. The van der Waals surface area contributed by atoms with Crippen LogP contribution < -0.4 is 10.1 Å². The Morgan fingerprint density at radius 1 is 1.32 bits per heavy atom. The van der Waals surface area contributed by atoms with Crippen LogP contribution in [0.4, 0.5) is 0 Å². The molecule has 100 valence electrons. The Bertz CT molecular complexity index is 531. The van der Waals surface area contributed by atoms with Crippen molar-refractivity contribution in [1.82, 2.24) is 10.3 Å². The predicted octanol–water partition coefficient (Wildman–Crippen LogP) is 2.99. The SMILES string of the molecule is COc1ccc(Cc2nc(CNC3CC3)cs2)cc1. The van der Waals surface area contributed by atoms with Gasteiger partial charge in [-0.3, -0.25) is 0 Å². The maximum atomic E-state index is 5.16. The van der Waals surface area contributed by atoms with Crippen molar-refractivity contribution in [1.29, 1.82) is 0 Å². The first kappa shape index (κ1) is 12.6. The number of nitrogens with zero attached hydrogens (tertiary/aromatic N) is 1. The Morgan fingerprint density at radius 3 is 2.79 bits per heavy atom. The van der Waals surface area contributed by atoms with Crippen molar-refractivity contribution >= 4 is 11.3 Å². The third-order valence-electron chi connectivity index (χ3n) is 3.26. The third-order valence-corrected chi connectivity index (χ3v) is 4.16. The van der Waals surface area contributed by atoms with Gasteiger partial charge in [0.1, 0.15) is 5.75 Å². The first-order valence-corrected chi connectivity index (χ1v) is 7.51. The molecule has 2 aromatic rings. The molecule has 1 aromatic heterocycles. The summed E-state index contributed by atoms with van der Waals surface area (Å²) in [6, 6.07) is 8.94. The minimum absolute atomic E-state index is 0.742. The van der Waals surface area contributed by atoms with E-state index in [9.17, 15) is 0 Å². The lowest BCUT2D eigenvalue weighted by Gasteiger charge is -2.01. The van der Waals surface area contributed by atoms with Gasteiger partial charge in [0.2, 0.25) is 0 Å². The highest BCUT2D eigenvalue weighted by Crippen LogP contribution is 2.21. The highest BCUT2D eigenvalue weighted by molar-refractivity contribution is 7.09. The third kappa shape index (κ3) is 3.55. The molecule has 0 bridgehead atoms. The standard InChI is InChI=1S/C15H18N2OS/c1-18-14-6-2-11(3-7-14)8-15-17-13(10-19-15)9-16-12-4-5-12/h2-3,6-7,10,12,16H,4-5,8-9H2,1H3. The van der Waals surface area contributed by atoms with Crippen molar-refractivity contribution in [2.24, 2.45) is 0 Å². The molecule has 0 radical (unpaired) electrons. The van der Waals surface area contributed by atoms with Crippen LogP contribution >= 0.6 is 11.3 Å². The van der Waals surface area contributed by atoms with Crippen LogP contribution in [0.2, 0.25) is 0 Å². The molecule has 1 N–H and O–H groups in total. The molecule has 0 amide bonds. The molecule has 3 nitrogen and oxygen atoms in total. The van der Waals surface area contributed by atoms with Gasteiger partial charge in [0, 0.05) is 24.4 Å². The largest absolute Gasteiger partial charge is 0.497 e. The van der Waals surface area contributed by atoms with Crippen molar-refractivity contribution in [2.45, 2.75) is 31.8 Å². The average molecular weight is 274 g/mol. The topological polar surface area (TPSA) is 34.1 Å². The van der Waals surface area contributed by atoms with E-state index in [4.69, 9.17) is 4.74 Å². The molecule has 0 spiro atoms. The zero-order valence-corrected chi connectivity index (χ0v) is 11.9. The molecule has 0 unspecified atom stereocenters. The van der Waals surface area contributed by atoms with E-state index in [1.165, 1.54) is 29.1 Å². The molecule has 1 fully saturated rings. The minimum atomic E-state index is 0.742. The number of thiazole rings is 1. The lowest BCUT2D eigenvalue weighted by Crippen LogP contribution is -2.15. The van der Waals surface area contributed by atoms with Crippen molar-refractivity contribution in [3.05, 3.63) is 45.9 Å². The van der Waals surface area contributed by atoms with Crippen molar-refractivity contribution < 1.29 is 4.74 Å². The van der Waals surface area contributed by atoms with Gasteiger partial charge >= 0.3 is 0 Å². The van der Waals surface area contributed by atoms with Gasteiger partial charge in [0.15, 0.2) is 0 Å². The molecular formula is C15H18N2OS. The molecule has 4 heteroatoms. The lowest BCUT2D eigenvalue weighted by atomic mass is 10.1. The number of hydrogen-bond acceptors (Lipinski definition) is 4. The molecule has 1 aliphatic rings. The summed E-state index contributed by atoms with van der Waals surface area (Å²) in [5.41, 5.74) is 2.44. The fraction of sp³-hybridized carbons (Fsp3) is 0.400. The van der Waals surface area contributed by atoms with E-state index in [0.29, 0.717) is 0 Å². The van der Waals surface area contributed by atoms with Gasteiger partial charge in [-0.15, -0.1) is 11.3 Å². The van der Waals surface area contributed by atoms with Crippen LogP contribution in [-0.4, -0.2) is 18.1 Å². The summed E-state index contributed by atoms with van der Waals surface area (Å²) < 4.78 is 5.16. The molecule has 1 saturated carbocycles. The van der Waals surface area contributed by atoms with Gasteiger partial charge in [0.25, 0.3) is 0 Å². The van der Waals surface area contributed by atoms with Gasteiger partial charge in [-0.1, -0.05) is 12.1 Å². The summed E-state index contributed by atoms with van der Waals surface area (Å²) in [4.78, 5) is 4.67. The zero-order valence-electron chi connectivity index (χ0n) is 11.1. The van der Waals surface area contributed by atoms with Crippen LogP contribution in [0.15, 0.2) is 29.6 Å². The summed E-state index contributed by atoms with van der Waals surface area (Å²) in [6.45, 7) is 0.907. The summed E-state index contributed by atoms with van der Waals surface area (Å²) in [7, 11) is 1.69. The van der Waals surface area contributed by atoms with E-state index in [1.807, 2.05) is 12.1 Å². The second kappa shape index (κ2) is 5.72. The van der Waals surface area contributed by atoms with E-state index in [1.54, 1.807) is 18.4 Å². The van der Waals surface area contributed by atoms with Gasteiger partial charge in [-0.05, 0) is 30.5 Å². The van der Waals surface area contributed by atoms with Gasteiger partial charge in [-0.25, -0.2) is 4.98 Å².